The summed E-state index contributed by atoms with van der Waals surface area (Å²) in [6, 6.07) is 4.26. The first-order chi connectivity index (χ1) is 12.1. The predicted octanol–water partition coefficient (Wildman–Crippen LogP) is 4.20. The van der Waals surface area contributed by atoms with Gasteiger partial charge in [-0.05, 0) is 38.6 Å². The number of rotatable bonds is 7. The van der Waals surface area contributed by atoms with Crippen molar-refractivity contribution in [3.8, 4) is 5.75 Å². The first-order valence-corrected chi connectivity index (χ1v) is 10.0. The molecule has 3 aromatic heterocycles. The molecule has 3 heterocycles. The average molecular weight is 375 g/mol. The Kier molecular flexibility index (Phi) is 5.75. The Hall–Kier alpha value is -1.86. The van der Waals surface area contributed by atoms with Crippen LogP contribution in [0.5, 0.6) is 5.75 Å². The van der Waals surface area contributed by atoms with Crippen LogP contribution >= 0.6 is 23.1 Å². The summed E-state index contributed by atoms with van der Waals surface area (Å²) < 4.78 is 7.68. The van der Waals surface area contributed by atoms with Crippen LogP contribution < -0.4 is 4.74 Å². The maximum Gasteiger partial charge on any atom is 0.191 e. The SMILES string of the molecule is COc1c(C)cnc(CSc2nnc(C)n2CCc2cccs2)c1C. The lowest BCUT2D eigenvalue weighted by Crippen LogP contribution is -2.05. The van der Waals surface area contributed by atoms with Gasteiger partial charge in [0.2, 0.25) is 0 Å². The van der Waals surface area contributed by atoms with E-state index >= 15 is 0 Å². The van der Waals surface area contributed by atoms with Crippen molar-refractivity contribution in [1.82, 2.24) is 19.7 Å². The molecule has 0 radical (unpaired) electrons. The number of thiophene rings is 1. The molecule has 0 fully saturated rings. The van der Waals surface area contributed by atoms with Gasteiger partial charge in [0.1, 0.15) is 11.6 Å². The quantitative estimate of drug-likeness (QED) is 0.580. The van der Waals surface area contributed by atoms with Crippen molar-refractivity contribution in [3.63, 3.8) is 0 Å². The first kappa shape index (κ1) is 17.9. The minimum Gasteiger partial charge on any atom is -0.496 e. The zero-order valence-electron chi connectivity index (χ0n) is 14.9. The summed E-state index contributed by atoms with van der Waals surface area (Å²) in [6.45, 7) is 6.97. The molecule has 0 spiro atoms. The lowest BCUT2D eigenvalue weighted by atomic mass is 10.1. The minimum atomic E-state index is 0.750. The van der Waals surface area contributed by atoms with Gasteiger partial charge >= 0.3 is 0 Å². The second-order valence-electron chi connectivity index (χ2n) is 5.85. The van der Waals surface area contributed by atoms with Gasteiger partial charge in [-0.3, -0.25) is 4.98 Å². The van der Waals surface area contributed by atoms with Crippen LogP contribution in [0.2, 0.25) is 0 Å². The highest BCUT2D eigenvalue weighted by Gasteiger charge is 2.13. The monoisotopic (exact) mass is 374 g/mol. The zero-order chi connectivity index (χ0) is 17.8. The summed E-state index contributed by atoms with van der Waals surface area (Å²) in [5, 5.41) is 11.6. The number of thioether (sulfide) groups is 1. The third-order valence-electron chi connectivity index (χ3n) is 4.15. The van der Waals surface area contributed by atoms with E-state index in [-0.39, 0.29) is 0 Å². The van der Waals surface area contributed by atoms with Gasteiger partial charge in [-0.2, -0.15) is 0 Å². The van der Waals surface area contributed by atoms with Crippen LogP contribution in [0.1, 0.15) is 27.5 Å². The highest BCUT2D eigenvalue weighted by atomic mass is 32.2. The topological polar surface area (TPSA) is 52.8 Å². The molecule has 0 aromatic carbocycles. The maximum absolute atomic E-state index is 5.49. The molecular formula is C18H22N4OS2. The molecular weight excluding hydrogens is 352 g/mol. The molecule has 7 heteroatoms. The van der Waals surface area contributed by atoms with Crippen molar-refractivity contribution in [2.24, 2.45) is 0 Å². The third kappa shape index (κ3) is 4.04. The Morgan fingerprint density at radius 3 is 2.80 bits per heavy atom. The molecule has 25 heavy (non-hydrogen) atoms. The van der Waals surface area contributed by atoms with E-state index in [0.29, 0.717) is 0 Å². The Morgan fingerprint density at radius 1 is 1.24 bits per heavy atom. The molecule has 0 N–H and O–H groups in total. The highest BCUT2D eigenvalue weighted by molar-refractivity contribution is 7.98. The molecule has 3 rings (SSSR count). The number of hydrogen-bond acceptors (Lipinski definition) is 6. The van der Waals surface area contributed by atoms with E-state index in [2.05, 4.69) is 44.2 Å². The molecule has 5 nitrogen and oxygen atoms in total. The first-order valence-electron chi connectivity index (χ1n) is 8.14. The predicted molar refractivity (Wildman–Crippen MR) is 103 cm³/mol. The van der Waals surface area contributed by atoms with Crippen molar-refractivity contribution in [2.45, 2.75) is 44.6 Å². The van der Waals surface area contributed by atoms with Crippen LogP contribution in [0.4, 0.5) is 0 Å². The molecule has 132 valence electrons. The fraction of sp³-hybridized carbons (Fsp3) is 0.389. The molecule has 0 saturated heterocycles. The largest absolute Gasteiger partial charge is 0.496 e. The van der Waals surface area contributed by atoms with Gasteiger partial charge in [-0.15, -0.1) is 21.5 Å². The molecule has 0 aliphatic heterocycles. The van der Waals surface area contributed by atoms with Crippen LogP contribution in [-0.2, 0) is 18.7 Å². The van der Waals surface area contributed by atoms with E-state index in [4.69, 9.17) is 4.74 Å². The molecule has 0 amide bonds. The number of pyridine rings is 1. The average Bonchev–Trinajstić information content (AvgIpc) is 3.23. The molecule has 0 unspecified atom stereocenters. The fourth-order valence-corrected chi connectivity index (χ4v) is 4.48. The molecule has 0 atom stereocenters. The maximum atomic E-state index is 5.49. The van der Waals surface area contributed by atoms with E-state index in [1.54, 1.807) is 30.2 Å². The summed E-state index contributed by atoms with van der Waals surface area (Å²) in [7, 11) is 1.71. The van der Waals surface area contributed by atoms with E-state index < -0.39 is 0 Å². The van der Waals surface area contributed by atoms with Crippen molar-refractivity contribution in [1.29, 1.82) is 0 Å². The second-order valence-corrected chi connectivity index (χ2v) is 7.82. The van der Waals surface area contributed by atoms with E-state index in [1.807, 2.05) is 20.0 Å². The fourth-order valence-electron chi connectivity index (χ4n) is 2.75. The molecule has 0 aliphatic rings. The molecule has 3 aromatic rings. The van der Waals surface area contributed by atoms with E-state index in [9.17, 15) is 0 Å². The van der Waals surface area contributed by atoms with Crippen molar-refractivity contribution in [3.05, 3.63) is 51.2 Å². The normalized spacial score (nSPS) is 11.0. The Morgan fingerprint density at radius 2 is 2.08 bits per heavy atom. The summed E-state index contributed by atoms with van der Waals surface area (Å²) in [4.78, 5) is 5.95. The number of methoxy groups -OCH3 is 1. The Bertz CT molecular complexity index is 843. The van der Waals surface area contributed by atoms with E-state index in [1.165, 1.54) is 4.88 Å². The van der Waals surface area contributed by atoms with Gasteiger partial charge < -0.3 is 9.30 Å². The van der Waals surface area contributed by atoms with E-state index in [0.717, 1.165) is 52.3 Å². The summed E-state index contributed by atoms with van der Waals surface area (Å²) >= 11 is 3.46. The van der Waals surface area contributed by atoms with Crippen molar-refractivity contribution < 1.29 is 4.74 Å². The number of nitrogens with zero attached hydrogens (tertiary/aromatic N) is 4. The van der Waals surface area contributed by atoms with Crippen molar-refractivity contribution >= 4 is 23.1 Å². The summed E-state index contributed by atoms with van der Waals surface area (Å²) in [5.41, 5.74) is 3.18. The number of ether oxygens (including phenoxy) is 1. The number of aryl methyl sites for hydroxylation is 3. The van der Waals surface area contributed by atoms with Crippen LogP contribution in [0.15, 0.2) is 28.9 Å². The third-order valence-corrected chi connectivity index (χ3v) is 6.07. The Labute approximate surface area is 156 Å². The number of aromatic nitrogens is 4. The standard InChI is InChI=1S/C18H22N4OS2/c1-12-10-19-16(13(2)17(12)23-4)11-25-18-21-20-14(3)22(18)8-7-15-6-5-9-24-15/h5-6,9-10H,7-8,11H2,1-4H3. The van der Waals surface area contributed by atoms with Crippen molar-refractivity contribution in [2.75, 3.05) is 7.11 Å². The summed E-state index contributed by atoms with van der Waals surface area (Å²) in [5.74, 6) is 2.62. The number of hydrogen-bond donors (Lipinski definition) is 0. The lowest BCUT2D eigenvalue weighted by Gasteiger charge is -2.12. The highest BCUT2D eigenvalue weighted by Crippen LogP contribution is 2.29. The van der Waals surface area contributed by atoms with Gasteiger partial charge in [0.25, 0.3) is 0 Å². The molecule has 0 saturated carbocycles. The van der Waals surface area contributed by atoms with Gasteiger partial charge in [0, 0.05) is 34.5 Å². The second kappa shape index (κ2) is 8.01. The van der Waals surface area contributed by atoms with Crippen LogP contribution in [-0.4, -0.2) is 26.9 Å². The minimum absolute atomic E-state index is 0.750. The van der Waals surface area contributed by atoms with Crippen LogP contribution in [0.25, 0.3) is 0 Å². The van der Waals surface area contributed by atoms with Gasteiger partial charge in [-0.25, -0.2) is 0 Å². The lowest BCUT2D eigenvalue weighted by molar-refractivity contribution is 0.407. The van der Waals surface area contributed by atoms with Gasteiger partial charge in [0.05, 0.1) is 12.8 Å². The zero-order valence-corrected chi connectivity index (χ0v) is 16.6. The summed E-state index contributed by atoms with van der Waals surface area (Å²) in [6.07, 6.45) is 2.87. The molecule has 0 aliphatic carbocycles. The van der Waals surface area contributed by atoms with Gasteiger partial charge in [0.15, 0.2) is 5.16 Å². The van der Waals surface area contributed by atoms with Gasteiger partial charge in [-0.1, -0.05) is 17.8 Å². The van der Waals surface area contributed by atoms with Crippen LogP contribution in [0, 0.1) is 20.8 Å². The van der Waals surface area contributed by atoms with Crippen LogP contribution in [0.3, 0.4) is 0 Å². The molecule has 0 bridgehead atoms. The Balaban J connectivity index is 1.72. The smallest absolute Gasteiger partial charge is 0.191 e.